The van der Waals surface area contributed by atoms with Gasteiger partial charge in [-0.1, -0.05) is 0 Å². The van der Waals surface area contributed by atoms with Gasteiger partial charge >= 0.3 is 5.97 Å². The van der Waals surface area contributed by atoms with Crippen LogP contribution in [0, 0.1) is 0 Å². The third-order valence-electron chi connectivity index (χ3n) is 3.01. The van der Waals surface area contributed by atoms with Gasteiger partial charge in [-0.2, -0.15) is 0 Å². The van der Waals surface area contributed by atoms with E-state index in [4.69, 9.17) is 14.2 Å². The fraction of sp³-hybridized carbons (Fsp3) is 0.250. The molecule has 2 amide bonds. The molecule has 2 rings (SSSR count). The van der Waals surface area contributed by atoms with Crippen molar-refractivity contribution < 1.29 is 28.6 Å². The highest BCUT2D eigenvalue weighted by atomic mass is 32.1. The zero-order chi connectivity index (χ0) is 19.1. The predicted octanol–water partition coefficient (Wildman–Crippen LogP) is 1.91. The van der Waals surface area contributed by atoms with Crippen LogP contribution >= 0.6 is 11.3 Å². The molecule has 0 saturated heterocycles. The van der Waals surface area contributed by atoms with Crippen LogP contribution in [0.1, 0.15) is 17.4 Å². The van der Waals surface area contributed by atoms with Gasteiger partial charge in [0.2, 0.25) is 5.91 Å². The number of nitrogens with zero attached hydrogens (tertiary/aromatic N) is 1. The van der Waals surface area contributed by atoms with Crippen molar-refractivity contribution in [3.8, 4) is 11.5 Å². The molecule has 1 heterocycles. The first-order chi connectivity index (χ1) is 12.4. The topological polar surface area (TPSA) is 116 Å². The van der Waals surface area contributed by atoms with Crippen LogP contribution in [-0.4, -0.2) is 43.6 Å². The summed E-state index contributed by atoms with van der Waals surface area (Å²) in [5.41, 5.74) is 0.389. The van der Waals surface area contributed by atoms with E-state index in [9.17, 15) is 14.4 Å². The molecule has 0 atom stereocenters. The van der Waals surface area contributed by atoms with Gasteiger partial charge in [0.25, 0.3) is 5.91 Å². The monoisotopic (exact) mass is 379 g/mol. The number of methoxy groups -OCH3 is 2. The van der Waals surface area contributed by atoms with Crippen LogP contribution in [0.2, 0.25) is 0 Å². The first-order valence-corrected chi connectivity index (χ1v) is 8.23. The highest BCUT2D eigenvalue weighted by Crippen LogP contribution is 2.28. The molecule has 0 saturated carbocycles. The molecule has 0 aliphatic heterocycles. The van der Waals surface area contributed by atoms with Gasteiger partial charge in [-0.05, 0) is 12.1 Å². The van der Waals surface area contributed by atoms with Gasteiger partial charge < -0.3 is 24.8 Å². The Balaban J connectivity index is 1.93. The molecule has 138 valence electrons. The molecular formula is C16H17N3O6S. The number of rotatable bonds is 7. The molecule has 0 bridgehead atoms. The second-order valence-electron chi connectivity index (χ2n) is 4.91. The number of ether oxygens (including phenoxy) is 3. The fourth-order valence-corrected chi connectivity index (χ4v) is 2.60. The number of esters is 1. The lowest BCUT2D eigenvalue weighted by atomic mass is 10.2. The summed E-state index contributed by atoms with van der Waals surface area (Å²) >= 11 is 1.08. The maximum atomic E-state index is 12.0. The highest BCUT2D eigenvalue weighted by Gasteiger charge is 2.16. The van der Waals surface area contributed by atoms with E-state index < -0.39 is 18.5 Å². The lowest BCUT2D eigenvalue weighted by molar-refractivity contribution is -0.119. The lowest BCUT2D eigenvalue weighted by Gasteiger charge is -2.11. The second kappa shape index (κ2) is 8.81. The van der Waals surface area contributed by atoms with Crippen molar-refractivity contribution in [1.29, 1.82) is 0 Å². The van der Waals surface area contributed by atoms with Crippen LogP contribution in [-0.2, 0) is 14.3 Å². The summed E-state index contributed by atoms with van der Waals surface area (Å²) in [5.74, 6) is -0.658. The lowest BCUT2D eigenvalue weighted by Crippen LogP contribution is -2.21. The summed E-state index contributed by atoms with van der Waals surface area (Å²) in [6.45, 7) is 0.822. The molecule has 0 spiro atoms. The first-order valence-electron chi connectivity index (χ1n) is 7.35. The Kier molecular flexibility index (Phi) is 6.50. The van der Waals surface area contributed by atoms with Crippen molar-refractivity contribution in [2.45, 2.75) is 6.92 Å². The summed E-state index contributed by atoms with van der Waals surface area (Å²) < 4.78 is 15.2. The average molecular weight is 379 g/mol. The Hall–Kier alpha value is -3.14. The average Bonchev–Trinajstić information content (AvgIpc) is 3.07. The number of hydrogen-bond donors (Lipinski definition) is 2. The van der Waals surface area contributed by atoms with E-state index >= 15 is 0 Å². The van der Waals surface area contributed by atoms with E-state index in [0.717, 1.165) is 11.3 Å². The van der Waals surface area contributed by atoms with E-state index in [1.807, 2.05) is 0 Å². The van der Waals surface area contributed by atoms with Crippen molar-refractivity contribution in [3.05, 3.63) is 29.3 Å². The van der Waals surface area contributed by atoms with E-state index in [1.165, 1.54) is 26.5 Å². The molecule has 0 aliphatic rings. The van der Waals surface area contributed by atoms with Crippen molar-refractivity contribution in [2.75, 3.05) is 31.5 Å². The van der Waals surface area contributed by atoms with E-state index in [2.05, 4.69) is 15.6 Å². The van der Waals surface area contributed by atoms with E-state index in [1.54, 1.807) is 18.2 Å². The van der Waals surface area contributed by atoms with Gasteiger partial charge in [0, 0.05) is 18.4 Å². The molecule has 0 unspecified atom stereocenters. The molecular weight excluding hydrogens is 362 g/mol. The summed E-state index contributed by atoms with van der Waals surface area (Å²) in [6, 6.07) is 4.90. The maximum absolute atomic E-state index is 12.0. The largest absolute Gasteiger partial charge is 0.497 e. The molecule has 2 aromatic rings. The number of benzene rings is 1. The minimum atomic E-state index is -0.773. The number of hydrogen-bond acceptors (Lipinski definition) is 8. The van der Waals surface area contributed by atoms with Crippen LogP contribution in [0.5, 0.6) is 11.5 Å². The number of thiazole rings is 1. The molecule has 2 N–H and O–H groups in total. The number of carbonyl (C=O) groups is 3. The van der Waals surface area contributed by atoms with Crippen molar-refractivity contribution >= 4 is 39.9 Å². The van der Waals surface area contributed by atoms with Gasteiger partial charge in [-0.15, -0.1) is 11.3 Å². The first kappa shape index (κ1) is 19.2. The SMILES string of the molecule is COc1ccc(OC)c(NC(=O)COC(=O)c2csc(NC(C)=O)n2)c1. The smallest absolute Gasteiger partial charge is 0.358 e. The van der Waals surface area contributed by atoms with Crippen molar-refractivity contribution in [1.82, 2.24) is 4.98 Å². The number of nitrogens with one attached hydrogen (secondary N) is 2. The number of carbonyl (C=O) groups excluding carboxylic acids is 3. The summed E-state index contributed by atoms with van der Waals surface area (Å²) in [5, 5.41) is 6.74. The molecule has 26 heavy (non-hydrogen) atoms. The van der Waals surface area contributed by atoms with Gasteiger partial charge in [-0.25, -0.2) is 9.78 Å². The molecule has 0 aliphatic carbocycles. The quantitative estimate of drug-likeness (QED) is 0.706. The summed E-state index contributed by atoms with van der Waals surface area (Å²) in [7, 11) is 2.96. The minimum absolute atomic E-state index is 0.00510. The zero-order valence-electron chi connectivity index (χ0n) is 14.3. The second-order valence-corrected chi connectivity index (χ2v) is 5.77. The van der Waals surface area contributed by atoms with Crippen molar-refractivity contribution in [3.63, 3.8) is 0 Å². The Morgan fingerprint density at radius 1 is 1.15 bits per heavy atom. The van der Waals surface area contributed by atoms with E-state index in [0.29, 0.717) is 17.2 Å². The molecule has 0 radical (unpaired) electrons. The van der Waals surface area contributed by atoms with Gasteiger partial charge in [0.05, 0.1) is 19.9 Å². The molecule has 1 aromatic carbocycles. The minimum Gasteiger partial charge on any atom is -0.497 e. The zero-order valence-corrected chi connectivity index (χ0v) is 15.1. The highest BCUT2D eigenvalue weighted by molar-refractivity contribution is 7.14. The van der Waals surface area contributed by atoms with Gasteiger partial charge in [0.1, 0.15) is 11.5 Å². The van der Waals surface area contributed by atoms with Crippen LogP contribution in [0.25, 0.3) is 0 Å². The van der Waals surface area contributed by atoms with Crippen LogP contribution in [0.4, 0.5) is 10.8 Å². The number of anilines is 2. The molecule has 10 heteroatoms. The number of aromatic nitrogens is 1. The Bertz CT molecular complexity index is 820. The molecule has 9 nitrogen and oxygen atoms in total. The summed E-state index contributed by atoms with van der Waals surface area (Å²) in [6.07, 6.45) is 0. The molecule has 0 fully saturated rings. The predicted molar refractivity (Wildman–Crippen MR) is 94.9 cm³/mol. The van der Waals surface area contributed by atoms with Crippen LogP contribution < -0.4 is 20.1 Å². The Labute approximate surface area is 153 Å². The van der Waals surface area contributed by atoms with Crippen molar-refractivity contribution in [2.24, 2.45) is 0 Å². The number of amides is 2. The standard InChI is InChI=1S/C16H17N3O6S/c1-9(20)17-16-19-12(8-26-16)15(22)25-7-14(21)18-11-6-10(23-2)4-5-13(11)24-3/h4-6,8H,7H2,1-3H3,(H,18,21)(H,17,19,20). The van der Waals surface area contributed by atoms with Crippen LogP contribution in [0.3, 0.4) is 0 Å². The van der Waals surface area contributed by atoms with Crippen LogP contribution in [0.15, 0.2) is 23.6 Å². The fourth-order valence-electron chi connectivity index (χ4n) is 1.88. The summed E-state index contributed by atoms with van der Waals surface area (Å²) in [4.78, 5) is 38.8. The molecule has 1 aromatic heterocycles. The normalized spacial score (nSPS) is 9.96. The Morgan fingerprint density at radius 3 is 2.58 bits per heavy atom. The Morgan fingerprint density at radius 2 is 1.92 bits per heavy atom. The van der Waals surface area contributed by atoms with Gasteiger partial charge in [-0.3, -0.25) is 9.59 Å². The van der Waals surface area contributed by atoms with Gasteiger partial charge in [0.15, 0.2) is 17.4 Å². The maximum Gasteiger partial charge on any atom is 0.358 e. The van der Waals surface area contributed by atoms with E-state index in [-0.39, 0.29) is 16.7 Å². The third-order valence-corrected chi connectivity index (χ3v) is 3.77. The third kappa shape index (κ3) is 5.18.